The van der Waals surface area contributed by atoms with Gasteiger partial charge in [-0.3, -0.25) is 4.79 Å². The van der Waals surface area contributed by atoms with Crippen molar-refractivity contribution >= 4 is 17.4 Å². The van der Waals surface area contributed by atoms with E-state index in [4.69, 9.17) is 0 Å². The number of nitrogens with zero attached hydrogens (tertiary/aromatic N) is 2. The molecule has 3 rings (SSSR count). The Morgan fingerprint density at radius 1 is 1.17 bits per heavy atom. The maximum atomic E-state index is 14.5. The van der Waals surface area contributed by atoms with E-state index in [-0.39, 0.29) is 29.2 Å². The van der Waals surface area contributed by atoms with Gasteiger partial charge >= 0.3 is 6.18 Å². The molecule has 0 saturated heterocycles. The molecule has 0 spiro atoms. The lowest BCUT2D eigenvalue weighted by Gasteiger charge is -2.23. The molecule has 0 fully saturated rings. The molecule has 162 valence electrons. The van der Waals surface area contributed by atoms with E-state index in [2.05, 4.69) is 15.7 Å². The van der Waals surface area contributed by atoms with Crippen LogP contribution in [0.1, 0.15) is 36.7 Å². The highest BCUT2D eigenvalue weighted by atomic mass is 19.4. The second-order valence-corrected chi connectivity index (χ2v) is 5.91. The number of rotatable bonds is 4. The van der Waals surface area contributed by atoms with Crippen molar-refractivity contribution in [1.29, 1.82) is 0 Å². The van der Waals surface area contributed by atoms with E-state index in [0.29, 0.717) is 0 Å². The van der Waals surface area contributed by atoms with Gasteiger partial charge in [0, 0.05) is 6.54 Å². The number of aromatic nitrogens is 1. The first kappa shape index (κ1) is 23.3. The van der Waals surface area contributed by atoms with Crippen LogP contribution in [0.4, 0.5) is 27.8 Å². The second kappa shape index (κ2) is 9.66. The molecule has 1 amide bonds. The molecule has 10 heteroatoms. The molecule has 1 aromatic heterocycles. The van der Waals surface area contributed by atoms with Crippen molar-refractivity contribution in [3.63, 3.8) is 0 Å². The van der Waals surface area contributed by atoms with E-state index in [9.17, 15) is 26.7 Å². The summed E-state index contributed by atoms with van der Waals surface area (Å²) >= 11 is 0. The summed E-state index contributed by atoms with van der Waals surface area (Å²) in [5.74, 6) is -2.85. The molecule has 0 saturated carbocycles. The van der Waals surface area contributed by atoms with Gasteiger partial charge in [-0.15, -0.1) is 0 Å². The predicted octanol–water partition coefficient (Wildman–Crippen LogP) is 4.75. The molecule has 1 unspecified atom stereocenters. The summed E-state index contributed by atoms with van der Waals surface area (Å²) < 4.78 is 66.9. The number of alkyl halides is 3. The molecule has 0 radical (unpaired) electrons. The highest BCUT2D eigenvalue weighted by Crippen LogP contribution is 2.32. The quantitative estimate of drug-likeness (QED) is 0.545. The van der Waals surface area contributed by atoms with Crippen LogP contribution in [0.5, 0.6) is 0 Å². The molecule has 5 nitrogen and oxygen atoms in total. The van der Waals surface area contributed by atoms with Gasteiger partial charge in [0.25, 0.3) is 5.91 Å². The Morgan fingerprint density at radius 3 is 2.40 bits per heavy atom. The molecule has 2 aromatic rings. The molecular formula is C20H21F5N4O. The molecule has 1 aliphatic rings. The van der Waals surface area contributed by atoms with E-state index < -0.39 is 29.9 Å². The summed E-state index contributed by atoms with van der Waals surface area (Å²) in [6.07, 6.45) is -3.67. The Bertz CT molecular complexity index is 930. The van der Waals surface area contributed by atoms with Crippen LogP contribution in [0.3, 0.4) is 0 Å². The minimum absolute atomic E-state index is 0.0122. The number of carbonyl (C=O) groups excluding carboxylic acids is 1. The fraction of sp³-hybridized carbons (Fsp3) is 0.300. The van der Waals surface area contributed by atoms with Crippen LogP contribution in [-0.4, -0.2) is 34.7 Å². The van der Waals surface area contributed by atoms with Crippen molar-refractivity contribution in [2.75, 3.05) is 11.9 Å². The molecule has 2 heterocycles. The topological polar surface area (TPSA) is 57.3 Å². The third-order valence-corrected chi connectivity index (χ3v) is 4.06. The van der Waals surface area contributed by atoms with Crippen LogP contribution >= 0.6 is 0 Å². The van der Waals surface area contributed by atoms with Crippen LogP contribution in [-0.2, 0) is 0 Å². The van der Waals surface area contributed by atoms with Crippen molar-refractivity contribution in [3.8, 4) is 0 Å². The van der Waals surface area contributed by atoms with Crippen LogP contribution in [0.2, 0.25) is 0 Å². The Labute approximate surface area is 170 Å². The van der Waals surface area contributed by atoms with Crippen molar-refractivity contribution in [2.45, 2.75) is 33.0 Å². The monoisotopic (exact) mass is 428 g/mol. The molecule has 1 aliphatic heterocycles. The van der Waals surface area contributed by atoms with E-state index >= 15 is 0 Å². The summed E-state index contributed by atoms with van der Waals surface area (Å²) in [5.41, 5.74) is 1.82. The minimum atomic E-state index is -4.53. The van der Waals surface area contributed by atoms with Crippen molar-refractivity contribution < 1.29 is 26.7 Å². The normalized spacial score (nSPS) is 15.9. The number of hydrogen-bond acceptors (Lipinski definition) is 4. The SMILES string of the molecule is CC.CCN1NC(C(F)(F)F)C=C1c1ccc(NC(=O)c2ccccc2F)nc1F. The standard InChI is InChI=1S/C18H15F5N4O.C2H6/c1-2-27-13(9-14(26-27)18(21,22)23)11-7-8-15(24-16(11)20)25-17(28)10-5-3-4-6-12(10)19;1-2/h3-9,14,26H,2H2,1H3,(H,24,25,28);1-2H3. The van der Waals surface area contributed by atoms with Gasteiger partial charge in [0.1, 0.15) is 17.7 Å². The smallest absolute Gasteiger partial charge is 0.307 e. The first-order valence-electron chi connectivity index (χ1n) is 9.25. The number of hydrazine groups is 1. The molecule has 0 bridgehead atoms. The molecule has 2 N–H and O–H groups in total. The lowest BCUT2D eigenvalue weighted by Crippen LogP contribution is -2.44. The van der Waals surface area contributed by atoms with Crippen LogP contribution in [0, 0.1) is 11.8 Å². The van der Waals surface area contributed by atoms with Gasteiger partial charge in [-0.2, -0.15) is 17.6 Å². The highest BCUT2D eigenvalue weighted by molar-refractivity contribution is 6.03. The van der Waals surface area contributed by atoms with E-state index in [0.717, 1.165) is 17.2 Å². The number of nitrogens with one attached hydrogen (secondary N) is 2. The zero-order valence-electron chi connectivity index (χ0n) is 16.5. The summed E-state index contributed by atoms with van der Waals surface area (Å²) in [5, 5.41) is 3.42. The van der Waals surface area contributed by atoms with E-state index in [1.165, 1.54) is 30.3 Å². The van der Waals surface area contributed by atoms with Crippen LogP contribution in [0.25, 0.3) is 5.70 Å². The molecule has 0 aliphatic carbocycles. The number of pyridine rings is 1. The average molecular weight is 428 g/mol. The number of benzene rings is 1. The molecule has 30 heavy (non-hydrogen) atoms. The number of hydrogen-bond donors (Lipinski definition) is 2. The van der Waals surface area contributed by atoms with Crippen molar-refractivity contribution in [2.24, 2.45) is 0 Å². The van der Waals surface area contributed by atoms with Gasteiger partial charge in [-0.05, 0) is 37.3 Å². The highest BCUT2D eigenvalue weighted by Gasteiger charge is 2.43. The van der Waals surface area contributed by atoms with Gasteiger partial charge in [0.05, 0.1) is 16.8 Å². The third kappa shape index (κ3) is 5.12. The second-order valence-electron chi connectivity index (χ2n) is 5.91. The predicted molar refractivity (Wildman–Crippen MR) is 103 cm³/mol. The Morgan fingerprint density at radius 2 is 1.83 bits per heavy atom. The lowest BCUT2D eigenvalue weighted by molar-refractivity contribution is -0.149. The summed E-state index contributed by atoms with van der Waals surface area (Å²) in [7, 11) is 0. The van der Waals surface area contributed by atoms with Gasteiger partial charge in [-0.1, -0.05) is 26.0 Å². The minimum Gasteiger partial charge on any atom is -0.307 e. The third-order valence-electron chi connectivity index (χ3n) is 4.06. The van der Waals surface area contributed by atoms with Crippen molar-refractivity contribution in [1.82, 2.24) is 15.4 Å². The van der Waals surface area contributed by atoms with E-state index in [1.54, 1.807) is 6.92 Å². The van der Waals surface area contributed by atoms with Gasteiger partial charge in [0.2, 0.25) is 5.95 Å². The first-order valence-corrected chi connectivity index (χ1v) is 9.25. The Hall–Kier alpha value is -3.01. The summed E-state index contributed by atoms with van der Waals surface area (Å²) in [6.45, 7) is 5.76. The zero-order valence-corrected chi connectivity index (χ0v) is 16.5. The summed E-state index contributed by atoms with van der Waals surface area (Å²) in [6, 6.07) is 5.72. The maximum absolute atomic E-state index is 14.5. The van der Waals surface area contributed by atoms with Crippen LogP contribution < -0.4 is 10.7 Å². The number of halogens is 5. The van der Waals surface area contributed by atoms with Gasteiger partial charge in [0.15, 0.2) is 0 Å². The number of carbonyl (C=O) groups is 1. The molecule has 1 aromatic carbocycles. The molecular weight excluding hydrogens is 407 g/mol. The Kier molecular flexibility index (Phi) is 7.49. The fourth-order valence-corrected chi connectivity index (χ4v) is 2.71. The van der Waals surface area contributed by atoms with Gasteiger partial charge < -0.3 is 10.3 Å². The van der Waals surface area contributed by atoms with Crippen molar-refractivity contribution in [3.05, 3.63) is 65.4 Å². The van der Waals surface area contributed by atoms with Crippen LogP contribution in [0.15, 0.2) is 42.5 Å². The molecule has 1 atom stereocenters. The number of anilines is 1. The fourth-order valence-electron chi connectivity index (χ4n) is 2.71. The summed E-state index contributed by atoms with van der Waals surface area (Å²) in [4.78, 5) is 15.6. The first-order chi connectivity index (χ1) is 14.2. The van der Waals surface area contributed by atoms with E-state index in [1.807, 2.05) is 13.8 Å². The zero-order chi connectivity index (χ0) is 22.5. The largest absolute Gasteiger partial charge is 0.409 e. The van der Waals surface area contributed by atoms with Gasteiger partial charge in [-0.25, -0.2) is 14.8 Å². The maximum Gasteiger partial charge on any atom is 0.409 e. The average Bonchev–Trinajstić information content (AvgIpc) is 3.14. The lowest BCUT2D eigenvalue weighted by atomic mass is 10.1. The number of amides is 1. The Balaban J connectivity index is 0.00000155.